The highest BCUT2D eigenvalue weighted by atomic mass is 79.9. The van der Waals surface area contributed by atoms with Crippen LogP contribution in [0, 0.1) is 5.41 Å². The first kappa shape index (κ1) is 13.4. The molecule has 0 N–H and O–H groups in total. The summed E-state index contributed by atoms with van der Waals surface area (Å²) in [6.45, 7) is 3.54. The van der Waals surface area contributed by atoms with E-state index in [9.17, 15) is 0 Å². The van der Waals surface area contributed by atoms with Crippen molar-refractivity contribution in [2.24, 2.45) is 5.41 Å². The monoisotopic (exact) mass is 280 g/mol. The van der Waals surface area contributed by atoms with Crippen molar-refractivity contribution in [2.75, 3.05) is 45.5 Å². The Morgan fingerprint density at radius 3 is 2.27 bits per heavy atom. The van der Waals surface area contributed by atoms with Gasteiger partial charge < -0.3 is 14.2 Å². The Bertz CT molecular complexity index is 154. The zero-order valence-corrected chi connectivity index (χ0v) is 11.1. The van der Waals surface area contributed by atoms with Crippen LogP contribution in [0.4, 0.5) is 0 Å². The van der Waals surface area contributed by atoms with Gasteiger partial charge in [-0.3, -0.25) is 0 Å². The molecule has 0 bridgehead atoms. The first-order chi connectivity index (χ1) is 7.33. The summed E-state index contributed by atoms with van der Waals surface area (Å²) >= 11 is 3.56. The topological polar surface area (TPSA) is 27.7 Å². The lowest BCUT2D eigenvalue weighted by Gasteiger charge is -2.40. The quantitative estimate of drug-likeness (QED) is 0.479. The van der Waals surface area contributed by atoms with E-state index in [1.165, 1.54) is 19.3 Å². The number of hydrogen-bond donors (Lipinski definition) is 0. The van der Waals surface area contributed by atoms with Gasteiger partial charge in [-0.05, 0) is 12.8 Å². The Kier molecular flexibility index (Phi) is 6.81. The lowest BCUT2D eigenvalue weighted by atomic mass is 9.71. The van der Waals surface area contributed by atoms with E-state index in [2.05, 4.69) is 15.9 Å². The van der Waals surface area contributed by atoms with Gasteiger partial charge in [0.2, 0.25) is 0 Å². The Morgan fingerprint density at radius 2 is 1.73 bits per heavy atom. The molecule has 15 heavy (non-hydrogen) atoms. The number of alkyl halides is 1. The Hall–Kier alpha value is 0.360. The van der Waals surface area contributed by atoms with E-state index in [0.29, 0.717) is 31.8 Å². The summed E-state index contributed by atoms with van der Waals surface area (Å²) in [4.78, 5) is 0. The summed E-state index contributed by atoms with van der Waals surface area (Å²) < 4.78 is 15.8. The molecule has 0 aromatic carbocycles. The van der Waals surface area contributed by atoms with Gasteiger partial charge in [-0.2, -0.15) is 0 Å². The molecule has 0 atom stereocenters. The third kappa shape index (κ3) is 4.81. The van der Waals surface area contributed by atoms with Gasteiger partial charge in [-0.1, -0.05) is 22.4 Å². The first-order valence-corrected chi connectivity index (χ1v) is 6.65. The third-order valence-corrected chi connectivity index (χ3v) is 4.10. The molecule has 4 heteroatoms. The van der Waals surface area contributed by atoms with E-state index in [1.807, 2.05) is 0 Å². The van der Waals surface area contributed by atoms with Crippen molar-refractivity contribution in [3.8, 4) is 0 Å². The standard InChI is InChI=1S/C11H21BrO3/c1-13-5-6-14-7-8-15-10-11(9-12)3-2-4-11/h2-10H2,1H3. The average Bonchev–Trinajstić information content (AvgIpc) is 2.20. The summed E-state index contributed by atoms with van der Waals surface area (Å²) in [6.07, 6.45) is 3.94. The maximum absolute atomic E-state index is 5.62. The van der Waals surface area contributed by atoms with Crippen molar-refractivity contribution >= 4 is 15.9 Å². The highest BCUT2D eigenvalue weighted by molar-refractivity contribution is 9.09. The second-order valence-electron chi connectivity index (χ2n) is 4.14. The summed E-state index contributed by atoms with van der Waals surface area (Å²) in [5.41, 5.74) is 0.423. The number of methoxy groups -OCH3 is 1. The lowest BCUT2D eigenvalue weighted by Crippen LogP contribution is -2.36. The lowest BCUT2D eigenvalue weighted by molar-refractivity contribution is -0.0218. The molecule has 0 amide bonds. The minimum Gasteiger partial charge on any atom is -0.382 e. The maximum atomic E-state index is 5.62. The highest BCUT2D eigenvalue weighted by Crippen LogP contribution is 2.42. The molecule has 3 nitrogen and oxygen atoms in total. The van der Waals surface area contributed by atoms with Crippen LogP contribution in [0.3, 0.4) is 0 Å². The van der Waals surface area contributed by atoms with Crippen molar-refractivity contribution in [1.82, 2.24) is 0 Å². The maximum Gasteiger partial charge on any atom is 0.0701 e. The molecule has 90 valence electrons. The zero-order chi connectivity index (χ0) is 11.0. The molecule has 1 fully saturated rings. The fourth-order valence-corrected chi connectivity index (χ4v) is 2.37. The fourth-order valence-electron chi connectivity index (χ4n) is 1.64. The van der Waals surface area contributed by atoms with E-state index < -0.39 is 0 Å². The van der Waals surface area contributed by atoms with Crippen LogP contribution in [0.2, 0.25) is 0 Å². The van der Waals surface area contributed by atoms with E-state index in [-0.39, 0.29) is 0 Å². The van der Waals surface area contributed by atoms with E-state index in [0.717, 1.165) is 11.9 Å². The van der Waals surface area contributed by atoms with E-state index in [1.54, 1.807) is 7.11 Å². The molecule has 0 heterocycles. The second kappa shape index (κ2) is 7.60. The number of rotatable bonds is 9. The van der Waals surface area contributed by atoms with Crippen molar-refractivity contribution in [1.29, 1.82) is 0 Å². The molecule has 0 aliphatic heterocycles. The van der Waals surface area contributed by atoms with Crippen LogP contribution in [-0.2, 0) is 14.2 Å². The molecule has 0 unspecified atom stereocenters. The van der Waals surface area contributed by atoms with Crippen LogP contribution in [0.5, 0.6) is 0 Å². The summed E-state index contributed by atoms with van der Waals surface area (Å²) in [6, 6.07) is 0. The van der Waals surface area contributed by atoms with Gasteiger partial charge in [0, 0.05) is 17.9 Å². The normalized spacial score (nSPS) is 18.8. The Labute approximate surface area is 101 Å². The molecule has 1 aliphatic rings. The van der Waals surface area contributed by atoms with E-state index in [4.69, 9.17) is 14.2 Å². The van der Waals surface area contributed by atoms with Crippen LogP contribution in [-0.4, -0.2) is 45.5 Å². The second-order valence-corrected chi connectivity index (χ2v) is 4.71. The average molecular weight is 281 g/mol. The predicted molar refractivity (Wildman–Crippen MR) is 63.6 cm³/mol. The SMILES string of the molecule is COCCOCCOCC1(CBr)CCC1. The van der Waals surface area contributed by atoms with Crippen LogP contribution >= 0.6 is 15.9 Å². The van der Waals surface area contributed by atoms with Crippen LogP contribution in [0.1, 0.15) is 19.3 Å². The van der Waals surface area contributed by atoms with Crippen molar-refractivity contribution < 1.29 is 14.2 Å². The summed E-state index contributed by atoms with van der Waals surface area (Å²) in [7, 11) is 1.68. The van der Waals surface area contributed by atoms with Crippen LogP contribution in [0.15, 0.2) is 0 Å². The zero-order valence-electron chi connectivity index (χ0n) is 9.47. The van der Waals surface area contributed by atoms with Gasteiger partial charge >= 0.3 is 0 Å². The highest BCUT2D eigenvalue weighted by Gasteiger charge is 2.35. The van der Waals surface area contributed by atoms with Gasteiger partial charge in [0.25, 0.3) is 0 Å². The van der Waals surface area contributed by atoms with Crippen molar-refractivity contribution in [2.45, 2.75) is 19.3 Å². The molecule has 1 rings (SSSR count). The predicted octanol–water partition coefficient (Wildman–Crippen LogP) is 2.23. The van der Waals surface area contributed by atoms with E-state index >= 15 is 0 Å². The minimum atomic E-state index is 0.423. The molecule has 0 radical (unpaired) electrons. The molecule has 0 aromatic heterocycles. The van der Waals surface area contributed by atoms with Gasteiger partial charge in [0.1, 0.15) is 0 Å². The molecule has 0 saturated heterocycles. The van der Waals surface area contributed by atoms with Gasteiger partial charge in [0.15, 0.2) is 0 Å². The van der Waals surface area contributed by atoms with Gasteiger partial charge in [-0.15, -0.1) is 0 Å². The molecule has 1 saturated carbocycles. The first-order valence-electron chi connectivity index (χ1n) is 5.53. The molecular formula is C11H21BrO3. The Balaban J connectivity index is 1.88. The number of ether oxygens (including phenoxy) is 3. The van der Waals surface area contributed by atoms with Gasteiger partial charge in [-0.25, -0.2) is 0 Å². The van der Waals surface area contributed by atoms with Crippen LogP contribution < -0.4 is 0 Å². The van der Waals surface area contributed by atoms with Crippen molar-refractivity contribution in [3.63, 3.8) is 0 Å². The third-order valence-electron chi connectivity index (χ3n) is 2.91. The minimum absolute atomic E-state index is 0.423. The fraction of sp³-hybridized carbons (Fsp3) is 1.00. The molecule has 0 spiro atoms. The largest absolute Gasteiger partial charge is 0.382 e. The molecular weight excluding hydrogens is 260 g/mol. The summed E-state index contributed by atoms with van der Waals surface area (Å²) in [5, 5.41) is 1.06. The molecule has 0 aromatic rings. The number of halogens is 1. The smallest absolute Gasteiger partial charge is 0.0701 e. The van der Waals surface area contributed by atoms with Gasteiger partial charge in [0.05, 0.1) is 33.0 Å². The van der Waals surface area contributed by atoms with Crippen molar-refractivity contribution in [3.05, 3.63) is 0 Å². The molecule has 1 aliphatic carbocycles. The van der Waals surface area contributed by atoms with Crippen LogP contribution in [0.25, 0.3) is 0 Å². The number of hydrogen-bond acceptors (Lipinski definition) is 3. The Morgan fingerprint density at radius 1 is 1.07 bits per heavy atom. The summed E-state index contributed by atoms with van der Waals surface area (Å²) in [5.74, 6) is 0.